The van der Waals surface area contributed by atoms with Crippen molar-refractivity contribution < 1.29 is 4.74 Å². The number of ether oxygens (including phenoxy) is 1. The Balaban J connectivity index is 2.66. The van der Waals surface area contributed by atoms with E-state index in [1.807, 2.05) is 27.9 Å². The van der Waals surface area contributed by atoms with Crippen molar-refractivity contribution in [3.8, 4) is 0 Å². The van der Waals surface area contributed by atoms with Crippen LogP contribution in [0.25, 0.3) is 0 Å². The molecule has 0 aliphatic heterocycles. The fourth-order valence-electron chi connectivity index (χ4n) is 1.46. The zero-order chi connectivity index (χ0) is 12.0. The van der Waals surface area contributed by atoms with E-state index < -0.39 is 0 Å². The first-order valence-corrected chi connectivity index (χ1v) is 6.98. The van der Waals surface area contributed by atoms with Crippen molar-refractivity contribution in [2.45, 2.75) is 39.0 Å². The summed E-state index contributed by atoms with van der Waals surface area (Å²) in [5.74, 6) is 0. The van der Waals surface area contributed by atoms with Crippen LogP contribution < -0.4 is 0 Å². The molecule has 16 heavy (non-hydrogen) atoms. The van der Waals surface area contributed by atoms with E-state index in [0.29, 0.717) is 0 Å². The van der Waals surface area contributed by atoms with Crippen molar-refractivity contribution in [1.82, 2.24) is 0 Å². The van der Waals surface area contributed by atoms with Crippen molar-refractivity contribution in [2.24, 2.45) is 0 Å². The van der Waals surface area contributed by atoms with Crippen LogP contribution in [0.2, 0.25) is 0 Å². The van der Waals surface area contributed by atoms with Crippen LogP contribution in [0.15, 0.2) is 30.3 Å². The van der Waals surface area contributed by atoms with E-state index in [4.69, 9.17) is 4.74 Å². The Bertz CT molecular complexity index is 330. The molecule has 1 aromatic carbocycles. The van der Waals surface area contributed by atoms with Crippen molar-refractivity contribution in [3.63, 3.8) is 0 Å². The van der Waals surface area contributed by atoms with Crippen LogP contribution in [-0.4, -0.2) is 32.2 Å². The molecule has 0 saturated heterocycles. The summed E-state index contributed by atoms with van der Waals surface area (Å²) in [4.78, 5) is 0. The van der Waals surface area contributed by atoms with Crippen LogP contribution in [0.1, 0.15) is 39.2 Å². The van der Waals surface area contributed by atoms with Gasteiger partial charge in [0, 0.05) is 0 Å². The first-order valence-electron chi connectivity index (χ1n) is 5.81. The summed E-state index contributed by atoms with van der Waals surface area (Å²) in [6.07, 6.45) is 2.31. The molecule has 0 spiro atoms. The monoisotopic (exact) mass is 334 g/mol. The number of rotatable bonds is 6. The molecule has 0 saturated carbocycles. The minimum absolute atomic E-state index is 0.000514. The van der Waals surface area contributed by atoms with E-state index >= 15 is 0 Å². The fourth-order valence-corrected chi connectivity index (χ4v) is 2.04. The van der Waals surface area contributed by atoms with E-state index in [-0.39, 0.29) is 5.41 Å². The van der Waals surface area contributed by atoms with Gasteiger partial charge in [0.2, 0.25) is 0 Å². The zero-order valence-corrected chi connectivity index (χ0v) is 12.7. The Morgan fingerprint density at radius 2 is 1.88 bits per heavy atom. The van der Waals surface area contributed by atoms with Crippen LogP contribution in [0.5, 0.6) is 0 Å². The summed E-state index contributed by atoms with van der Waals surface area (Å²) < 4.78 is 6.94. The van der Waals surface area contributed by atoms with Crippen LogP contribution >= 0.6 is 0 Å². The summed E-state index contributed by atoms with van der Waals surface area (Å²) >= 11 is 2.01. The zero-order valence-electron chi connectivity index (χ0n) is 10.3. The minimum atomic E-state index is -0.000514. The van der Waals surface area contributed by atoms with Crippen LogP contribution in [-0.2, 0) is 10.2 Å². The average Bonchev–Trinajstić information content (AvgIpc) is 2.30. The molecule has 1 nitrogen and oxygen atoms in total. The third kappa shape index (κ3) is 3.61. The molecule has 0 unspecified atom stereocenters. The van der Waals surface area contributed by atoms with Gasteiger partial charge >= 0.3 is 112 Å². The molecular weight excluding hydrogens is 312 g/mol. The van der Waals surface area contributed by atoms with Crippen molar-refractivity contribution in [2.75, 3.05) is 6.61 Å². The third-order valence-electron chi connectivity index (χ3n) is 2.74. The molecule has 0 fully saturated rings. The summed E-state index contributed by atoms with van der Waals surface area (Å²) in [6, 6.07) is 10.5. The molecule has 2 heteroatoms. The van der Waals surface area contributed by atoms with Gasteiger partial charge in [0.15, 0.2) is 0 Å². The molecule has 1 rings (SSSR count). The van der Waals surface area contributed by atoms with Gasteiger partial charge in [0.05, 0.1) is 0 Å². The molecule has 1 aromatic rings. The van der Waals surface area contributed by atoms with Crippen molar-refractivity contribution >= 4 is 25.6 Å². The van der Waals surface area contributed by atoms with Gasteiger partial charge in [-0.2, -0.15) is 0 Å². The Kier molecular flexibility index (Phi) is 5.52. The summed E-state index contributed by atoms with van der Waals surface area (Å²) in [5, 5.41) is 0. The summed E-state index contributed by atoms with van der Waals surface area (Å²) in [6.45, 7) is 7.45. The maximum absolute atomic E-state index is 5.82. The van der Waals surface area contributed by atoms with Crippen molar-refractivity contribution in [3.05, 3.63) is 35.9 Å². The molecule has 0 aliphatic rings. The van der Waals surface area contributed by atoms with Crippen LogP contribution in [0, 0.1) is 0 Å². The van der Waals surface area contributed by atoms with Crippen molar-refractivity contribution in [1.29, 1.82) is 0 Å². The van der Waals surface area contributed by atoms with E-state index in [2.05, 4.69) is 45.0 Å². The molecule has 0 bridgehead atoms. The normalized spacial score (nSPS) is 11.2. The van der Waals surface area contributed by atoms with Crippen LogP contribution in [0.4, 0.5) is 0 Å². The van der Waals surface area contributed by atoms with Gasteiger partial charge in [-0.25, -0.2) is 0 Å². The predicted molar refractivity (Wildman–Crippen MR) is 71.1 cm³/mol. The first-order chi connectivity index (χ1) is 7.59. The molecule has 0 aliphatic carbocycles. The Hall–Kier alpha value is -0.320. The number of hydrogen-bond donors (Lipinski definition) is 0. The van der Waals surface area contributed by atoms with Crippen LogP contribution in [0.3, 0.4) is 0 Å². The average molecular weight is 332 g/mol. The van der Waals surface area contributed by atoms with E-state index in [0.717, 1.165) is 16.8 Å². The molecule has 0 radical (unpaired) electrons. The van der Waals surface area contributed by atoms with Gasteiger partial charge in [0.1, 0.15) is 0 Å². The number of unbranched alkanes of at least 4 members (excludes halogenated alkanes) is 1. The third-order valence-corrected chi connectivity index (χ3v) is 4.53. The molecule has 0 heterocycles. The summed E-state index contributed by atoms with van der Waals surface area (Å²) in [5.41, 5.74) is 1.31. The van der Waals surface area contributed by atoms with Gasteiger partial charge in [-0.15, -0.1) is 0 Å². The second kappa shape index (κ2) is 6.42. The first kappa shape index (κ1) is 13.7. The fraction of sp³-hybridized carbons (Fsp3) is 0.500. The second-order valence-corrected chi connectivity index (χ2v) is 5.54. The molecule has 0 amide bonds. The molecule has 0 atom stereocenters. The SMILES string of the molecule is CCCCOC(=[Te])C(C)(C)c1ccccc1. The maximum atomic E-state index is 5.82. The standard InChI is InChI=1S/C14H20OTe/c1-4-5-11-15-13(16)14(2,3)12-9-7-6-8-10-12/h6-10H,4-5,11H2,1-3H3. The van der Waals surface area contributed by atoms with E-state index in [1.165, 1.54) is 12.0 Å². The van der Waals surface area contributed by atoms with Gasteiger partial charge < -0.3 is 0 Å². The van der Waals surface area contributed by atoms with Gasteiger partial charge in [-0.05, 0) is 0 Å². The Morgan fingerprint density at radius 3 is 2.44 bits per heavy atom. The second-order valence-electron chi connectivity index (χ2n) is 4.48. The van der Waals surface area contributed by atoms with Gasteiger partial charge in [0.25, 0.3) is 0 Å². The topological polar surface area (TPSA) is 9.23 Å². The van der Waals surface area contributed by atoms with Gasteiger partial charge in [-0.3, -0.25) is 0 Å². The van der Waals surface area contributed by atoms with E-state index in [1.54, 1.807) is 0 Å². The molecule has 0 aromatic heterocycles. The van der Waals surface area contributed by atoms with Gasteiger partial charge in [-0.1, -0.05) is 0 Å². The number of hydrogen-bond acceptors (Lipinski definition) is 1. The molecule has 88 valence electrons. The summed E-state index contributed by atoms with van der Waals surface area (Å²) in [7, 11) is 0. The van der Waals surface area contributed by atoms with E-state index in [9.17, 15) is 0 Å². The Labute approximate surface area is 112 Å². The Morgan fingerprint density at radius 1 is 1.25 bits per heavy atom. The molecular formula is C14H20OTe. The number of benzene rings is 1. The quantitative estimate of drug-likeness (QED) is 0.575. The molecule has 0 N–H and O–H groups in total. The predicted octanol–water partition coefficient (Wildman–Crippen LogP) is 3.08.